The zero-order chi connectivity index (χ0) is 39.7. The molecule has 0 spiro atoms. The first-order valence-corrected chi connectivity index (χ1v) is 20.2. The number of ketones is 1. The first-order chi connectivity index (χ1) is 25.5. The van der Waals surface area contributed by atoms with Crippen LogP contribution in [0.25, 0.3) is 0 Å². The third-order valence-electron chi connectivity index (χ3n) is 11.5. The van der Waals surface area contributed by atoms with E-state index in [4.69, 9.17) is 9.72 Å². The van der Waals surface area contributed by atoms with Gasteiger partial charge in [-0.1, -0.05) is 76.6 Å². The lowest BCUT2D eigenvalue weighted by molar-refractivity contribution is -0.149. The molecule has 2 heterocycles. The quantitative estimate of drug-likeness (QED) is 0.133. The van der Waals surface area contributed by atoms with E-state index < -0.39 is 23.5 Å². The predicted octanol–water partition coefficient (Wildman–Crippen LogP) is 7.51. The van der Waals surface area contributed by atoms with Gasteiger partial charge >= 0.3 is 5.97 Å². The maximum Gasteiger partial charge on any atom is 0.303 e. The molecule has 10 nitrogen and oxygen atoms in total. The van der Waals surface area contributed by atoms with Crippen LogP contribution in [-0.4, -0.2) is 84.7 Å². The first-order valence-electron chi connectivity index (χ1n) is 19.3. The Balaban J connectivity index is 1.55. The summed E-state index contributed by atoms with van der Waals surface area (Å²) in [5.74, 6) is -1.23. The maximum absolute atomic E-state index is 14.3. The van der Waals surface area contributed by atoms with E-state index in [1.807, 2.05) is 108 Å². The Hall–Kier alpha value is -4.09. The van der Waals surface area contributed by atoms with Gasteiger partial charge in [0.05, 0.1) is 11.6 Å². The number of hydrogen-bond donors (Lipinski definition) is 1. The highest BCUT2D eigenvalue weighted by molar-refractivity contribution is 7.09. The number of amides is 2. The minimum Gasteiger partial charge on any atom is -0.455 e. The van der Waals surface area contributed by atoms with Gasteiger partial charge in [0.25, 0.3) is 5.91 Å². The number of carbonyl (C=O) groups excluding carboxylic acids is 4. The molecule has 1 N–H and O–H groups in total. The molecule has 54 heavy (non-hydrogen) atoms. The number of thiazole rings is 1. The second kappa shape index (κ2) is 19.0. The van der Waals surface area contributed by atoms with Crippen LogP contribution >= 0.6 is 11.3 Å². The highest BCUT2D eigenvalue weighted by Gasteiger charge is 2.44. The van der Waals surface area contributed by atoms with Crippen molar-refractivity contribution in [3.63, 3.8) is 0 Å². The zero-order valence-corrected chi connectivity index (χ0v) is 34.7. The van der Waals surface area contributed by atoms with Gasteiger partial charge in [0.2, 0.25) is 5.91 Å². The Bertz CT molecular complexity index is 1710. The number of hydrogen-bond acceptors (Lipinski definition) is 9. The van der Waals surface area contributed by atoms with Crippen LogP contribution in [0.15, 0.2) is 60.0 Å². The first kappa shape index (κ1) is 42.6. The van der Waals surface area contributed by atoms with Gasteiger partial charge in [-0.15, -0.1) is 11.3 Å². The molecule has 0 radical (unpaired) electrons. The van der Waals surface area contributed by atoms with Crippen LogP contribution in [0.2, 0.25) is 0 Å². The molecule has 1 aromatic heterocycles. The molecule has 6 atom stereocenters. The summed E-state index contributed by atoms with van der Waals surface area (Å²) < 4.78 is 5.86. The largest absolute Gasteiger partial charge is 0.455 e. The van der Waals surface area contributed by atoms with Crippen molar-refractivity contribution in [3.8, 4) is 0 Å². The van der Waals surface area contributed by atoms with E-state index in [0.717, 1.165) is 42.6 Å². The molecule has 1 aliphatic rings. The number of Topliss-reactive ketones (excluding diaryl/α,β-unsaturated/α-hetero) is 1. The summed E-state index contributed by atoms with van der Waals surface area (Å²) in [5.41, 5.74) is 2.80. The topological polar surface area (TPSA) is 112 Å². The van der Waals surface area contributed by atoms with E-state index >= 15 is 0 Å². The minimum atomic E-state index is -0.773. The molecule has 3 aromatic rings. The number of rotatable bonds is 18. The van der Waals surface area contributed by atoms with E-state index in [1.165, 1.54) is 18.3 Å². The van der Waals surface area contributed by atoms with E-state index in [1.54, 1.807) is 17.3 Å². The molecule has 1 saturated heterocycles. The molecule has 11 heteroatoms. The minimum absolute atomic E-state index is 0.00383. The van der Waals surface area contributed by atoms with Gasteiger partial charge in [-0.3, -0.25) is 24.1 Å². The van der Waals surface area contributed by atoms with E-state index in [2.05, 4.69) is 17.1 Å². The number of ether oxygens (including phenoxy) is 1. The van der Waals surface area contributed by atoms with Crippen molar-refractivity contribution in [2.24, 2.45) is 17.8 Å². The molecular formula is C43H61N5O5S. The molecule has 0 aliphatic carbocycles. The van der Waals surface area contributed by atoms with Crippen molar-refractivity contribution in [1.82, 2.24) is 20.1 Å². The Kier molecular flexibility index (Phi) is 15.0. The summed E-state index contributed by atoms with van der Waals surface area (Å²) >= 11 is 1.26. The average Bonchev–Trinajstić information content (AvgIpc) is 3.78. The summed E-state index contributed by atoms with van der Waals surface area (Å²) in [4.78, 5) is 65.0. The lowest BCUT2D eigenvalue weighted by atomic mass is 9.80. The van der Waals surface area contributed by atoms with Crippen molar-refractivity contribution in [2.45, 2.75) is 104 Å². The molecular weight excluding hydrogens is 699 g/mol. The van der Waals surface area contributed by atoms with Gasteiger partial charge < -0.3 is 19.9 Å². The third kappa shape index (κ3) is 10.6. The standard InChI is InChI=1S/C43H61N5O5S/c1-11-29(4)34(25-39(50)43(6)22-15-23-47(43)9)42(52)48(10)37(28(2)3)26-38(53-30(5)49)41-45-36(27-54-41)40(51)44-35(24-31-16-13-12-14-17-31)32-18-20-33(21-19-32)46(7)8/h12-14,16-21,27-29,34-35,37-38H,11,15,22-26H2,1-10H3,(H,44,51)/t29-,34-,35?,37+,38+,43+/m0/s1. The molecule has 1 fully saturated rings. The van der Waals surface area contributed by atoms with Gasteiger partial charge in [0.15, 0.2) is 11.9 Å². The third-order valence-corrected chi connectivity index (χ3v) is 12.4. The number of carbonyl (C=O) groups is 4. The Morgan fingerprint density at radius 1 is 1.02 bits per heavy atom. The molecule has 1 aliphatic heterocycles. The smallest absolute Gasteiger partial charge is 0.303 e. The summed E-state index contributed by atoms with van der Waals surface area (Å²) in [7, 11) is 7.76. The van der Waals surface area contributed by atoms with Crippen LogP contribution in [-0.2, 0) is 25.5 Å². The van der Waals surface area contributed by atoms with Crippen molar-refractivity contribution in [2.75, 3.05) is 39.6 Å². The van der Waals surface area contributed by atoms with Crippen LogP contribution in [0.4, 0.5) is 5.69 Å². The van der Waals surface area contributed by atoms with E-state index in [9.17, 15) is 19.2 Å². The van der Waals surface area contributed by atoms with Gasteiger partial charge in [-0.2, -0.15) is 0 Å². The number of likely N-dealkylation sites (tertiary alicyclic amines) is 1. The molecule has 2 aromatic carbocycles. The molecule has 1 unspecified atom stereocenters. The SMILES string of the molecule is CC[C@H](C)[C@H](CC(=O)[C@@]1(C)CCCN1C)C(=O)N(C)[C@H](C[C@@H](OC(C)=O)c1nc(C(=O)NC(Cc2ccccc2)c2ccc(N(C)C)cc2)cs1)C(C)C. The van der Waals surface area contributed by atoms with Crippen LogP contribution in [0.5, 0.6) is 0 Å². The van der Waals surface area contributed by atoms with Crippen LogP contribution in [0.3, 0.4) is 0 Å². The fraction of sp³-hybridized carbons (Fsp3) is 0.558. The number of likely N-dealkylation sites (N-methyl/N-ethyl adjacent to an activating group) is 1. The number of aromatic nitrogens is 1. The number of esters is 1. The normalized spacial score (nSPS) is 18.7. The molecule has 2 amide bonds. The Morgan fingerprint density at radius 2 is 1.69 bits per heavy atom. The van der Waals surface area contributed by atoms with E-state index in [-0.39, 0.29) is 53.6 Å². The summed E-state index contributed by atoms with van der Waals surface area (Å²) in [6, 6.07) is 17.5. The molecule has 0 saturated carbocycles. The fourth-order valence-corrected chi connectivity index (χ4v) is 8.33. The highest BCUT2D eigenvalue weighted by atomic mass is 32.1. The predicted molar refractivity (Wildman–Crippen MR) is 217 cm³/mol. The monoisotopic (exact) mass is 759 g/mol. The Labute approximate surface area is 326 Å². The average molecular weight is 760 g/mol. The second-order valence-electron chi connectivity index (χ2n) is 15.8. The van der Waals surface area contributed by atoms with Gasteiger partial charge in [0.1, 0.15) is 10.7 Å². The van der Waals surface area contributed by atoms with Gasteiger partial charge in [0, 0.05) is 63.9 Å². The van der Waals surface area contributed by atoms with Crippen molar-refractivity contribution in [3.05, 3.63) is 81.8 Å². The second-order valence-corrected chi connectivity index (χ2v) is 16.7. The van der Waals surface area contributed by atoms with Crippen molar-refractivity contribution >= 4 is 40.6 Å². The van der Waals surface area contributed by atoms with Crippen LogP contribution < -0.4 is 10.2 Å². The number of nitrogens with one attached hydrogen (secondary N) is 1. The molecule has 294 valence electrons. The number of anilines is 1. The van der Waals surface area contributed by atoms with Crippen LogP contribution in [0, 0.1) is 17.8 Å². The zero-order valence-electron chi connectivity index (χ0n) is 33.9. The van der Waals surface area contributed by atoms with Crippen LogP contribution in [0.1, 0.15) is 112 Å². The van der Waals surface area contributed by atoms with Crippen molar-refractivity contribution < 1.29 is 23.9 Å². The van der Waals surface area contributed by atoms with E-state index in [0.29, 0.717) is 17.8 Å². The summed E-state index contributed by atoms with van der Waals surface area (Å²) in [5, 5.41) is 5.39. The summed E-state index contributed by atoms with van der Waals surface area (Å²) in [6.45, 7) is 12.4. The number of nitrogens with zero attached hydrogens (tertiary/aromatic N) is 4. The molecule has 4 rings (SSSR count). The Morgan fingerprint density at radius 3 is 2.24 bits per heavy atom. The maximum atomic E-state index is 14.3. The van der Waals surface area contributed by atoms with Gasteiger partial charge in [-0.05, 0) is 74.9 Å². The lowest BCUT2D eigenvalue weighted by Gasteiger charge is -2.38. The lowest BCUT2D eigenvalue weighted by Crippen LogP contribution is -2.50. The van der Waals surface area contributed by atoms with Crippen molar-refractivity contribution in [1.29, 1.82) is 0 Å². The summed E-state index contributed by atoms with van der Waals surface area (Å²) in [6.07, 6.45) is 2.83. The highest BCUT2D eigenvalue weighted by Crippen LogP contribution is 2.35. The number of benzene rings is 2. The van der Waals surface area contributed by atoms with Gasteiger partial charge in [-0.25, -0.2) is 4.98 Å². The molecule has 0 bridgehead atoms. The fourth-order valence-electron chi connectivity index (χ4n) is 7.49.